The summed E-state index contributed by atoms with van der Waals surface area (Å²) in [6.07, 6.45) is 4.09. The fourth-order valence-electron chi connectivity index (χ4n) is 2.49. The smallest absolute Gasteiger partial charge is 0.239 e. The molecule has 0 saturated heterocycles. The van der Waals surface area contributed by atoms with E-state index in [-0.39, 0.29) is 4.90 Å². The summed E-state index contributed by atoms with van der Waals surface area (Å²) in [5.41, 5.74) is 2.61. The van der Waals surface area contributed by atoms with Crippen molar-refractivity contribution in [3.8, 4) is 22.8 Å². The fraction of sp³-hybridized carbons (Fsp3) is 0.167. The number of sulfone groups is 1. The number of hydrogen-bond acceptors (Lipinski definition) is 5. The van der Waals surface area contributed by atoms with Gasteiger partial charge in [0.05, 0.1) is 23.8 Å². The van der Waals surface area contributed by atoms with Gasteiger partial charge in [0, 0.05) is 18.0 Å². The van der Waals surface area contributed by atoms with Crippen molar-refractivity contribution in [1.29, 1.82) is 0 Å². The first-order chi connectivity index (χ1) is 12.4. The van der Waals surface area contributed by atoms with E-state index >= 15 is 0 Å². The molecule has 2 aromatic heterocycles. The molecule has 0 radical (unpaired) electrons. The SMILES string of the molecule is [C-]#[N+]Cc1ccc(-c2cnn(-c3ccc(S(C)(=O)=O)cn3)c2OC)cc1. The number of nitrogens with zero attached hydrogens (tertiary/aromatic N) is 4. The normalized spacial score (nSPS) is 11.1. The van der Waals surface area contributed by atoms with Crippen molar-refractivity contribution in [2.24, 2.45) is 0 Å². The van der Waals surface area contributed by atoms with Gasteiger partial charge in [-0.25, -0.2) is 20.0 Å². The largest absolute Gasteiger partial charge is 0.480 e. The highest BCUT2D eigenvalue weighted by molar-refractivity contribution is 7.90. The molecule has 0 aliphatic rings. The molecule has 0 amide bonds. The molecule has 3 aromatic rings. The molecule has 0 saturated carbocycles. The van der Waals surface area contributed by atoms with E-state index in [4.69, 9.17) is 11.3 Å². The van der Waals surface area contributed by atoms with Gasteiger partial charge in [0.15, 0.2) is 15.7 Å². The van der Waals surface area contributed by atoms with Crippen LogP contribution in [0.25, 0.3) is 21.8 Å². The van der Waals surface area contributed by atoms with Gasteiger partial charge >= 0.3 is 0 Å². The van der Waals surface area contributed by atoms with E-state index in [0.717, 1.165) is 22.9 Å². The molecule has 132 valence electrons. The van der Waals surface area contributed by atoms with Gasteiger partial charge in [0.2, 0.25) is 12.4 Å². The summed E-state index contributed by atoms with van der Waals surface area (Å²) in [5, 5.41) is 4.32. The molecule has 8 heteroatoms. The summed E-state index contributed by atoms with van der Waals surface area (Å²) in [6.45, 7) is 7.26. The lowest BCUT2D eigenvalue weighted by Gasteiger charge is -2.08. The van der Waals surface area contributed by atoms with Gasteiger partial charge in [0.1, 0.15) is 0 Å². The molecule has 0 fully saturated rings. The predicted octanol–water partition coefficient (Wildman–Crippen LogP) is 2.77. The van der Waals surface area contributed by atoms with E-state index in [9.17, 15) is 8.42 Å². The van der Waals surface area contributed by atoms with Crippen LogP contribution >= 0.6 is 0 Å². The van der Waals surface area contributed by atoms with Crippen LogP contribution in [0.15, 0.2) is 53.7 Å². The first-order valence-corrected chi connectivity index (χ1v) is 9.54. The Bertz CT molecular complexity index is 1060. The lowest BCUT2D eigenvalue weighted by molar-refractivity contribution is 0.384. The van der Waals surface area contributed by atoms with Crippen molar-refractivity contribution in [2.45, 2.75) is 11.4 Å². The highest BCUT2D eigenvalue weighted by atomic mass is 32.2. The maximum atomic E-state index is 11.6. The fourth-order valence-corrected chi connectivity index (χ4v) is 3.05. The third kappa shape index (κ3) is 3.43. The van der Waals surface area contributed by atoms with Crippen molar-refractivity contribution in [1.82, 2.24) is 14.8 Å². The third-order valence-corrected chi connectivity index (χ3v) is 4.91. The van der Waals surface area contributed by atoms with Crippen LogP contribution in [0.2, 0.25) is 0 Å². The van der Waals surface area contributed by atoms with E-state index < -0.39 is 9.84 Å². The van der Waals surface area contributed by atoms with Crippen LogP contribution < -0.4 is 4.74 Å². The van der Waals surface area contributed by atoms with Crippen LogP contribution in [0.4, 0.5) is 0 Å². The van der Waals surface area contributed by atoms with Gasteiger partial charge in [-0.1, -0.05) is 24.3 Å². The van der Waals surface area contributed by atoms with Crippen LogP contribution in [0.3, 0.4) is 0 Å². The minimum absolute atomic E-state index is 0.142. The topological polar surface area (TPSA) is 78.4 Å². The quantitative estimate of drug-likeness (QED) is 0.647. The monoisotopic (exact) mass is 368 g/mol. The number of benzene rings is 1. The van der Waals surface area contributed by atoms with Gasteiger partial charge in [-0.3, -0.25) is 0 Å². The number of methoxy groups -OCH3 is 1. The Morgan fingerprint density at radius 1 is 1.15 bits per heavy atom. The summed E-state index contributed by atoms with van der Waals surface area (Å²) < 4.78 is 30.1. The maximum absolute atomic E-state index is 11.6. The lowest BCUT2D eigenvalue weighted by Crippen LogP contribution is -2.04. The summed E-state index contributed by atoms with van der Waals surface area (Å²) in [5.74, 6) is 0.938. The van der Waals surface area contributed by atoms with E-state index in [0.29, 0.717) is 18.2 Å². The number of ether oxygens (including phenoxy) is 1. The van der Waals surface area contributed by atoms with Crippen molar-refractivity contribution < 1.29 is 13.2 Å². The standard InChI is InChI=1S/C18H16N4O3S/c1-19-10-13-4-6-14(7-5-13)16-12-21-22(18(16)25-2)17-9-8-15(11-20-17)26(3,23)24/h4-9,11-12H,10H2,2-3H3. The zero-order valence-electron chi connectivity index (χ0n) is 14.2. The minimum atomic E-state index is -3.31. The number of rotatable bonds is 5. The molecule has 3 rings (SSSR count). The molecule has 1 aromatic carbocycles. The van der Waals surface area contributed by atoms with Crippen LogP contribution in [-0.4, -0.2) is 36.5 Å². The number of aromatic nitrogens is 3. The second kappa shape index (κ2) is 6.98. The molecular formula is C18H16N4O3S. The van der Waals surface area contributed by atoms with Gasteiger partial charge in [-0.05, 0) is 17.7 Å². The Hall–Kier alpha value is -3.18. The van der Waals surface area contributed by atoms with Crippen LogP contribution in [0.1, 0.15) is 5.56 Å². The van der Waals surface area contributed by atoms with Crippen molar-refractivity contribution in [3.63, 3.8) is 0 Å². The van der Waals surface area contributed by atoms with E-state index in [1.165, 1.54) is 24.1 Å². The van der Waals surface area contributed by atoms with Crippen molar-refractivity contribution in [2.75, 3.05) is 13.4 Å². The first kappa shape index (κ1) is 17.6. The molecule has 26 heavy (non-hydrogen) atoms. The Kier molecular flexibility index (Phi) is 4.73. The highest BCUT2D eigenvalue weighted by Gasteiger charge is 2.16. The molecule has 0 aliphatic carbocycles. The van der Waals surface area contributed by atoms with Gasteiger partial charge in [-0.2, -0.15) is 9.78 Å². The first-order valence-electron chi connectivity index (χ1n) is 7.65. The molecule has 2 heterocycles. The second-order valence-corrected chi connectivity index (χ2v) is 7.63. The average molecular weight is 368 g/mol. The van der Waals surface area contributed by atoms with Gasteiger partial charge in [-0.15, -0.1) is 0 Å². The number of pyridine rings is 1. The maximum Gasteiger partial charge on any atom is 0.239 e. The molecule has 0 N–H and O–H groups in total. The molecule has 0 bridgehead atoms. The third-order valence-electron chi connectivity index (χ3n) is 3.81. The Balaban J connectivity index is 1.99. The summed E-state index contributed by atoms with van der Waals surface area (Å²) >= 11 is 0. The van der Waals surface area contributed by atoms with E-state index in [2.05, 4.69) is 14.9 Å². The lowest BCUT2D eigenvalue weighted by atomic mass is 10.1. The van der Waals surface area contributed by atoms with Crippen LogP contribution in [-0.2, 0) is 16.4 Å². The van der Waals surface area contributed by atoms with Crippen molar-refractivity contribution >= 4 is 9.84 Å². The average Bonchev–Trinajstić information content (AvgIpc) is 3.06. The number of hydrogen-bond donors (Lipinski definition) is 0. The van der Waals surface area contributed by atoms with Crippen LogP contribution in [0, 0.1) is 6.57 Å². The summed E-state index contributed by atoms with van der Waals surface area (Å²) in [6, 6.07) is 10.7. The van der Waals surface area contributed by atoms with E-state index in [1.807, 2.05) is 24.3 Å². The molecule has 0 atom stereocenters. The van der Waals surface area contributed by atoms with Gasteiger partial charge < -0.3 is 9.58 Å². The second-order valence-electron chi connectivity index (χ2n) is 5.62. The Morgan fingerprint density at radius 3 is 2.42 bits per heavy atom. The van der Waals surface area contributed by atoms with Crippen LogP contribution in [0.5, 0.6) is 5.88 Å². The van der Waals surface area contributed by atoms with E-state index in [1.54, 1.807) is 12.3 Å². The van der Waals surface area contributed by atoms with Crippen molar-refractivity contribution in [3.05, 3.63) is 65.8 Å². The Morgan fingerprint density at radius 2 is 1.88 bits per heavy atom. The summed E-state index contributed by atoms with van der Waals surface area (Å²) in [4.78, 5) is 7.69. The Labute approximate surface area is 151 Å². The molecule has 0 aliphatic heterocycles. The summed E-state index contributed by atoms with van der Waals surface area (Å²) in [7, 11) is -1.77. The highest BCUT2D eigenvalue weighted by Crippen LogP contribution is 2.31. The predicted molar refractivity (Wildman–Crippen MR) is 96.8 cm³/mol. The zero-order valence-corrected chi connectivity index (χ0v) is 15.1. The molecule has 0 unspecified atom stereocenters. The van der Waals surface area contributed by atoms with Gasteiger partial charge in [0.25, 0.3) is 0 Å². The minimum Gasteiger partial charge on any atom is -0.480 e. The molecule has 0 spiro atoms. The zero-order chi connectivity index (χ0) is 18.7. The molecular weight excluding hydrogens is 352 g/mol. The molecule has 7 nitrogen and oxygen atoms in total.